The Balaban J connectivity index is 0.892. The van der Waals surface area contributed by atoms with Crippen LogP contribution in [0.4, 0.5) is 0 Å². The van der Waals surface area contributed by atoms with Crippen molar-refractivity contribution >= 4 is 17.7 Å². The molecule has 2 aromatic rings. The number of esters is 2. The number of ketones is 1. The fraction of sp³-hybridized carbons (Fsp3) is 0.754. The number of benzene rings is 1. The van der Waals surface area contributed by atoms with E-state index in [1.54, 1.807) is 6.26 Å². The fourth-order valence-corrected chi connectivity index (χ4v) is 20.0. The van der Waals surface area contributed by atoms with Crippen LogP contribution in [0.5, 0.6) is 0 Å². The molecular weight excluding hydrogens is 937 g/mol. The SMILES string of the molecule is C[C@@H](CC[C@]1(C)O[C@H]2CC(=O)OC[C@]23[C@H]2CC[C@@]4(C)[C@H](c5ccoc5C[C@@H]([C@H]5CC[C@H]6[C@H](C=CN7CNC[C@@H]67)C5)[C@H](O)CO)OC(=O)[C@H]5O[C@]54[C@]2([C@H]2CCC[C@@H](Cc4ccccc4)C2)[C@H](O)C(=O)[C@@H]31)C1CCCC1. The standard InChI is InChI=1S/C61H82N2O11/c1-35(38-13-7-8-14-38)18-23-58(3)52-51(67)53(68)60(41-15-9-12-37(27-41)26-36-10-5-4-6-11-36)48(59(52)33-71-50(66)30-49(59)73-58)19-22-57(2)54(72-56(69)55-61(57,60)74-55)43-21-25-70-47(43)29-44(46(65)32-64)39-16-17-42-40(28-39)20-24-63-34-62-31-45(42)63/h4-6,10-11,20-21,24-25,35,37-42,44-46,48-49,52-55,62,64-65,68H,7-9,12-19,22-23,26-34H2,1-3H3/t35-,37-,39-,40+,41-,42-,44-,45-,46+,48+,49-,52+,53+,54-,55+,57-,58-,59-,60-,61+/m0/s1. The number of epoxide rings is 1. The monoisotopic (exact) mass is 1020 g/mol. The van der Waals surface area contributed by atoms with Gasteiger partial charge in [0.05, 0.1) is 49.7 Å². The Morgan fingerprint density at radius 3 is 2.55 bits per heavy atom. The molecule has 13 heteroatoms. The summed E-state index contributed by atoms with van der Waals surface area (Å²) in [7, 11) is 0. The third-order valence-corrected chi connectivity index (χ3v) is 23.3. The van der Waals surface area contributed by atoms with Gasteiger partial charge in [0.15, 0.2) is 11.9 Å². The van der Waals surface area contributed by atoms with Crippen LogP contribution in [0.3, 0.4) is 0 Å². The predicted octanol–water partition coefficient (Wildman–Crippen LogP) is 8.03. The predicted molar refractivity (Wildman–Crippen MR) is 272 cm³/mol. The third kappa shape index (κ3) is 7.23. The second-order valence-electron chi connectivity index (χ2n) is 26.5. The van der Waals surface area contributed by atoms with Gasteiger partial charge in [-0.05, 0) is 142 Å². The molecule has 0 bridgehead atoms. The molecular formula is C61H82N2O11. The molecule has 6 aliphatic heterocycles. The highest BCUT2D eigenvalue weighted by atomic mass is 16.7. The lowest BCUT2D eigenvalue weighted by Gasteiger charge is -2.70. The summed E-state index contributed by atoms with van der Waals surface area (Å²) in [5, 5.41) is 39.8. The van der Waals surface area contributed by atoms with Gasteiger partial charge in [0.1, 0.15) is 30.2 Å². The molecule has 20 atom stereocenters. The van der Waals surface area contributed by atoms with E-state index >= 15 is 9.59 Å². The Morgan fingerprint density at radius 1 is 0.919 bits per heavy atom. The molecule has 1 aromatic carbocycles. The molecule has 7 heterocycles. The third-order valence-electron chi connectivity index (χ3n) is 23.3. The number of ether oxygens (including phenoxy) is 4. The average Bonchev–Trinajstić information content (AvgIpc) is 3.91. The summed E-state index contributed by atoms with van der Waals surface area (Å²) < 4.78 is 34.0. The summed E-state index contributed by atoms with van der Waals surface area (Å²) in [5.41, 5.74) is -3.41. The minimum absolute atomic E-state index is 0.0279. The molecule has 74 heavy (non-hydrogen) atoms. The van der Waals surface area contributed by atoms with E-state index in [1.165, 1.54) is 31.2 Å². The number of Topliss-reactive ketones (excluding diaryl/α,β-unsaturated/α-hetero) is 1. The minimum Gasteiger partial charge on any atom is -0.469 e. The molecule has 5 saturated carbocycles. The lowest BCUT2D eigenvalue weighted by atomic mass is 9.32. The number of nitrogens with zero attached hydrogens (tertiary/aromatic N) is 1. The van der Waals surface area contributed by atoms with Crippen LogP contribution in [0.15, 0.2) is 59.4 Å². The first-order chi connectivity index (χ1) is 35.8. The molecule has 0 amide bonds. The van der Waals surface area contributed by atoms with E-state index in [-0.39, 0.29) is 61.0 Å². The molecule has 402 valence electrons. The van der Waals surface area contributed by atoms with Gasteiger partial charge in [0, 0.05) is 40.8 Å². The zero-order valence-corrected chi connectivity index (χ0v) is 44.0. The summed E-state index contributed by atoms with van der Waals surface area (Å²) in [4.78, 5) is 47.4. The van der Waals surface area contributed by atoms with Crippen LogP contribution in [0.2, 0.25) is 0 Å². The Hall–Kier alpha value is -3.59. The van der Waals surface area contributed by atoms with Gasteiger partial charge >= 0.3 is 11.9 Å². The number of hydrogen-bond donors (Lipinski definition) is 4. The molecule has 1 aromatic heterocycles. The average molecular weight is 1020 g/mol. The molecule has 2 spiro atoms. The zero-order valence-electron chi connectivity index (χ0n) is 44.0. The first-order valence-electron chi connectivity index (χ1n) is 29.2. The molecule has 5 aliphatic carbocycles. The molecule has 0 radical (unpaired) electrons. The van der Waals surface area contributed by atoms with E-state index < -0.39 is 69.9 Å². The number of aliphatic hydroxyl groups excluding tert-OH is 3. The second kappa shape index (κ2) is 18.5. The first kappa shape index (κ1) is 49.9. The highest BCUT2D eigenvalue weighted by molar-refractivity contribution is 5.92. The van der Waals surface area contributed by atoms with Crippen molar-refractivity contribution in [2.45, 2.75) is 184 Å². The number of hydrogen-bond acceptors (Lipinski definition) is 13. The number of aliphatic hydroxyl groups is 3. The van der Waals surface area contributed by atoms with Crippen LogP contribution in [0.1, 0.15) is 146 Å². The van der Waals surface area contributed by atoms with Crippen molar-refractivity contribution < 1.29 is 53.1 Å². The van der Waals surface area contributed by atoms with Crippen LogP contribution in [-0.2, 0) is 46.2 Å². The van der Waals surface area contributed by atoms with Crippen molar-refractivity contribution in [3.8, 4) is 0 Å². The smallest absolute Gasteiger partial charge is 0.339 e. The Labute approximate surface area is 437 Å². The fourth-order valence-electron chi connectivity index (χ4n) is 20.0. The van der Waals surface area contributed by atoms with Crippen molar-refractivity contribution in [3.05, 3.63) is 71.8 Å². The first-order valence-corrected chi connectivity index (χ1v) is 29.2. The summed E-state index contributed by atoms with van der Waals surface area (Å²) in [6, 6.07) is 13.0. The van der Waals surface area contributed by atoms with Gasteiger partial charge in [0.2, 0.25) is 0 Å². The van der Waals surface area contributed by atoms with Gasteiger partial charge in [-0.1, -0.05) is 88.8 Å². The maximum Gasteiger partial charge on any atom is 0.339 e. The summed E-state index contributed by atoms with van der Waals surface area (Å²) >= 11 is 0. The Morgan fingerprint density at radius 2 is 1.74 bits per heavy atom. The number of allylic oxidation sites excluding steroid dienone is 1. The number of rotatable bonds is 13. The van der Waals surface area contributed by atoms with Gasteiger partial charge in [0.25, 0.3) is 0 Å². The van der Waals surface area contributed by atoms with Gasteiger partial charge in [-0.15, -0.1) is 0 Å². The summed E-state index contributed by atoms with van der Waals surface area (Å²) in [6.07, 6.45) is 16.5. The molecule has 13 nitrogen and oxygen atoms in total. The maximum atomic E-state index is 16.3. The van der Waals surface area contributed by atoms with Crippen LogP contribution >= 0.6 is 0 Å². The van der Waals surface area contributed by atoms with E-state index in [1.807, 2.05) is 12.1 Å². The largest absolute Gasteiger partial charge is 0.469 e. The Kier molecular flexibility index (Phi) is 12.5. The second-order valence-corrected chi connectivity index (χ2v) is 26.5. The van der Waals surface area contributed by atoms with Crippen molar-refractivity contribution in [1.82, 2.24) is 10.2 Å². The lowest BCUT2D eigenvalue weighted by Crippen LogP contribution is -2.79. The van der Waals surface area contributed by atoms with Gasteiger partial charge in [-0.3, -0.25) is 14.9 Å². The van der Waals surface area contributed by atoms with Crippen molar-refractivity contribution in [2.24, 2.45) is 75.4 Å². The highest BCUT2D eigenvalue weighted by Gasteiger charge is 2.93. The lowest BCUT2D eigenvalue weighted by molar-refractivity contribution is -0.276. The molecule has 0 unspecified atom stereocenters. The van der Waals surface area contributed by atoms with Crippen LogP contribution in [0.25, 0.3) is 0 Å². The molecule has 10 fully saturated rings. The van der Waals surface area contributed by atoms with E-state index in [9.17, 15) is 20.1 Å². The van der Waals surface area contributed by atoms with Gasteiger partial charge in [-0.2, -0.15) is 0 Å². The van der Waals surface area contributed by atoms with Crippen molar-refractivity contribution in [2.75, 3.05) is 26.4 Å². The quantitative estimate of drug-likeness (QED) is 0.112. The van der Waals surface area contributed by atoms with Crippen molar-refractivity contribution in [1.29, 1.82) is 0 Å². The molecule has 11 aliphatic rings. The maximum absolute atomic E-state index is 16.3. The van der Waals surface area contributed by atoms with Crippen LogP contribution < -0.4 is 5.32 Å². The molecule has 13 rings (SSSR count). The highest BCUT2D eigenvalue weighted by Crippen LogP contribution is 2.83. The number of carbonyl (C=O) groups is 3. The Bertz CT molecular complexity index is 2490. The number of fused-ring (bicyclic) bond motifs is 4. The van der Waals surface area contributed by atoms with Crippen molar-refractivity contribution in [3.63, 3.8) is 0 Å². The topological polar surface area (TPSA) is 181 Å². The summed E-state index contributed by atoms with van der Waals surface area (Å²) in [5.74, 6) is 0.310. The summed E-state index contributed by atoms with van der Waals surface area (Å²) in [6.45, 7) is 8.08. The van der Waals surface area contributed by atoms with E-state index in [0.717, 1.165) is 71.0 Å². The number of furan rings is 1. The van der Waals surface area contributed by atoms with Gasteiger partial charge in [-0.25, -0.2) is 4.79 Å². The molecule has 5 saturated heterocycles. The molecule has 4 N–H and O–H groups in total. The number of nitrogens with one attached hydrogen (secondary N) is 1. The van der Waals surface area contributed by atoms with E-state index in [2.05, 4.69) is 67.5 Å². The van der Waals surface area contributed by atoms with Crippen LogP contribution in [0, 0.1) is 75.4 Å². The number of carbonyl (C=O) groups excluding carboxylic acids is 3. The van der Waals surface area contributed by atoms with Crippen LogP contribution in [-0.4, -0.2) is 106 Å². The van der Waals surface area contributed by atoms with E-state index in [0.29, 0.717) is 66.7 Å². The van der Waals surface area contributed by atoms with E-state index in [4.69, 9.17) is 23.4 Å². The van der Waals surface area contributed by atoms with Gasteiger partial charge < -0.3 is 43.6 Å². The minimum atomic E-state index is -1.48. The number of cyclic esters (lactones) is 2. The zero-order chi connectivity index (χ0) is 50.9. The normalized spacial score (nSPS) is 45.4.